The molecule has 0 radical (unpaired) electrons. The first-order valence-corrected chi connectivity index (χ1v) is 13.2. The van der Waals surface area contributed by atoms with Crippen LogP contribution in [-0.2, 0) is 19.4 Å². The van der Waals surface area contributed by atoms with E-state index in [0.717, 1.165) is 24.4 Å². The quantitative estimate of drug-likeness (QED) is 0.383. The van der Waals surface area contributed by atoms with Gasteiger partial charge in [0.25, 0.3) is 5.91 Å². The van der Waals surface area contributed by atoms with Gasteiger partial charge in [0.1, 0.15) is 0 Å². The summed E-state index contributed by atoms with van der Waals surface area (Å²) in [5.74, 6) is 0.893. The van der Waals surface area contributed by atoms with Crippen LogP contribution in [0.1, 0.15) is 58.3 Å². The summed E-state index contributed by atoms with van der Waals surface area (Å²) in [6.45, 7) is 5.58. The molecule has 1 saturated heterocycles. The van der Waals surface area contributed by atoms with Gasteiger partial charge in [-0.05, 0) is 81.4 Å². The second-order valence-corrected chi connectivity index (χ2v) is 10.7. The lowest BCUT2D eigenvalue weighted by Crippen LogP contribution is -2.33. The molecule has 1 aliphatic rings. The summed E-state index contributed by atoms with van der Waals surface area (Å²) in [4.78, 5) is 17.8. The van der Waals surface area contributed by atoms with E-state index in [1.54, 1.807) is 0 Å². The Balaban J connectivity index is 1.15. The normalized spacial score (nSPS) is 15.9. The standard InChI is InChI=1S/C29H36N2OS/c1-23(30-29(32)26-13-6-3-7-14-26)21-27-15-16-28(33-27)22-31-19-17-25(18-20-31)12-8-11-24-9-4-2-5-10-24/h2-7,9-10,13-16,23,25H,8,11-12,17-22H2,1H3,(H,30,32). The van der Waals surface area contributed by atoms with E-state index < -0.39 is 0 Å². The van der Waals surface area contributed by atoms with Gasteiger partial charge in [0.05, 0.1) is 0 Å². The molecule has 2 heterocycles. The number of hydrogen-bond acceptors (Lipinski definition) is 3. The van der Waals surface area contributed by atoms with Gasteiger partial charge in [0, 0.05) is 34.3 Å². The van der Waals surface area contributed by atoms with Gasteiger partial charge in [-0.15, -0.1) is 11.3 Å². The molecule has 1 aliphatic heterocycles. The minimum absolute atomic E-state index is 0.00604. The monoisotopic (exact) mass is 460 g/mol. The molecule has 4 rings (SSSR count). The molecular formula is C29H36N2OS. The fraction of sp³-hybridized carbons (Fsp3) is 0.414. The Hall–Kier alpha value is -2.43. The Morgan fingerprint density at radius 3 is 2.36 bits per heavy atom. The maximum atomic E-state index is 12.4. The summed E-state index contributed by atoms with van der Waals surface area (Å²) >= 11 is 1.90. The van der Waals surface area contributed by atoms with Gasteiger partial charge in [-0.2, -0.15) is 0 Å². The fourth-order valence-corrected chi connectivity index (χ4v) is 5.95. The molecule has 4 heteroatoms. The van der Waals surface area contributed by atoms with Crippen LogP contribution in [0.15, 0.2) is 72.8 Å². The maximum Gasteiger partial charge on any atom is 0.251 e. The SMILES string of the molecule is CC(Cc1ccc(CN2CCC(CCCc3ccccc3)CC2)s1)NC(=O)c1ccccc1. The van der Waals surface area contributed by atoms with E-state index in [0.29, 0.717) is 0 Å². The number of benzene rings is 2. The molecule has 1 N–H and O–H groups in total. The fourth-order valence-electron chi connectivity index (χ4n) is 4.76. The van der Waals surface area contributed by atoms with Crippen LogP contribution in [0.3, 0.4) is 0 Å². The number of carbonyl (C=O) groups is 1. The van der Waals surface area contributed by atoms with Crippen molar-refractivity contribution in [3.63, 3.8) is 0 Å². The van der Waals surface area contributed by atoms with E-state index in [9.17, 15) is 4.79 Å². The van der Waals surface area contributed by atoms with Crippen molar-refractivity contribution >= 4 is 17.2 Å². The molecule has 0 aliphatic carbocycles. The van der Waals surface area contributed by atoms with E-state index in [2.05, 4.69) is 59.6 Å². The molecule has 0 bridgehead atoms. The summed E-state index contributed by atoms with van der Waals surface area (Å²) in [5.41, 5.74) is 2.19. The third-order valence-corrected chi connectivity index (χ3v) is 7.74. The zero-order chi connectivity index (χ0) is 22.9. The zero-order valence-corrected chi connectivity index (χ0v) is 20.5. The number of aryl methyl sites for hydroxylation is 1. The molecule has 1 unspecified atom stereocenters. The summed E-state index contributed by atoms with van der Waals surface area (Å²) in [5, 5.41) is 3.12. The average molecular weight is 461 g/mol. The predicted molar refractivity (Wildman–Crippen MR) is 139 cm³/mol. The molecule has 0 saturated carbocycles. The van der Waals surface area contributed by atoms with E-state index in [1.807, 2.05) is 41.7 Å². The van der Waals surface area contributed by atoms with Crippen molar-refractivity contribution in [3.8, 4) is 0 Å². The number of rotatable bonds is 10. The number of likely N-dealkylation sites (tertiary alicyclic amines) is 1. The van der Waals surface area contributed by atoms with E-state index >= 15 is 0 Å². The lowest BCUT2D eigenvalue weighted by atomic mass is 9.91. The summed E-state index contributed by atoms with van der Waals surface area (Å²) in [7, 11) is 0. The van der Waals surface area contributed by atoms with Gasteiger partial charge in [0.15, 0.2) is 0 Å². The average Bonchev–Trinajstić information content (AvgIpc) is 3.28. The number of nitrogens with one attached hydrogen (secondary N) is 1. The third-order valence-electron chi connectivity index (χ3n) is 6.65. The Labute approximate surface area is 202 Å². The molecule has 2 aromatic carbocycles. The number of amides is 1. The number of hydrogen-bond donors (Lipinski definition) is 1. The number of piperidine rings is 1. The third kappa shape index (κ3) is 7.55. The van der Waals surface area contributed by atoms with Crippen molar-refractivity contribution in [1.29, 1.82) is 0 Å². The molecule has 0 spiro atoms. The molecular weight excluding hydrogens is 424 g/mol. The van der Waals surface area contributed by atoms with E-state index in [1.165, 1.54) is 60.5 Å². The van der Waals surface area contributed by atoms with Crippen LogP contribution in [0.2, 0.25) is 0 Å². The van der Waals surface area contributed by atoms with Gasteiger partial charge in [-0.1, -0.05) is 55.0 Å². The van der Waals surface area contributed by atoms with Crippen molar-refractivity contribution in [3.05, 3.63) is 93.7 Å². The first kappa shape index (κ1) is 23.7. The minimum Gasteiger partial charge on any atom is -0.349 e. The zero-order valence-electron chi connectivity index (χ0n) is 19.7. The van der Waals surface area contributed by atoms with Gasteiger partial charge in [-0.25, -0.2) is 0 Å². The van der Waals surface area contributed by atoms with E-state index in [4.69, 9.17) is 0 Å². The van der Waals surface area contributed by atoms with Crippen LogP contribution in [0.25, 0.3) is 0 Å². The molecule has 1 atom stereocenters. The highest BCUT2D eigenvalue weighted by molar-refractivity contribution is 7.11. The number of nitrogens with zero attached hydrogens (tertiary/aromatic N) is 1. The lowest BCUT2D eigenvalue weighted by molar-refractivity contribution is 0.0940. The maximum absolute atomic E-state index is 12.4. The topological polar surface area (TPSA) is 32.3 Å². The highest BCUT2D eigenvalue weighted by Crippen LogP contribution is 2.26. The largest absolute Gasteiger partial charge is 0.349 e. The lowest BCUT2D eigenvalue weighted by Gasteiger charge is -2.31. The first-order valence-electron chi connectivity index (χ1n) is 12.4. The molecule has 174 valence electrons. The first-order chi connectivity index (χ1) is 16.2. The van der Waals surface area contributed by atoms with Crippen molar-refractivity contribution in [2.75, 3.05) is 13.1 Å². The van der Waals surface area contributed by atoms with Gasteiger partial charge in [0.2, 0.25) is 0 Å². The molecule has 33 heavy (non-hydrogen) atoms. The predicted octanol–water partition coefficient (Wildman–Crippen LogP) is 6.34. The van der Waals surface area contributed by atoms with Crippen LogP contribution in [0, 0.1) is 5.92 Å². The van der Waals surface area contributed by atoms with Crippen LogP contribution in [0.4, 0.5) is 0 Å². The van der Waals surface area contributed by atoms with Crippen molar-refractivity contribution in [1.82, 2.24) is 10.2 Å². The second-order valence-electron chi connectivity index (χ2n) is 9.41. The number of thiophene rings is 1. The van der Waals surface area contributed by atoms with Crippen LogP contribution >= 0.6 is 11.3 Å². The van der Waals surface area contributed by atoms with Crippen molar-refractivity contribution in [2.24, 2.45) is 5.92 Å². The molecule has 3 aromatic rings. The highest BCUT2D eigenvalue weighted by Gasteiger charge is 2.20. The van der Waals surface area contributed by atoms with Crippen molar-refractivity contribution in [2.45, 2.75) is 58.0 Å². The summed E-state index contributed by atoms with van der Waals surface area (Å²) in [6.07, 6.45) is 7.42. The Bertz CT molecular complexity index is 977. The van der Waals surface area contributed by atoms with Crippen LogP contribution < -0.4 is 5.32 Å². The van der Waals surface area contributed by atoms with E-state index in [-0.39, 0.29) is 11.9 Å². The van der Waals surface area contributed by atoms with Gasteiger partial charge in [-0.3, -0.25) is 9.69 Å². The molecule has 1 amide bonds. The van der Waals surface area contributed by atoms with Crippen LogP contribution in [0.5, 0.6) is 0 Å². The van der Waals surface area contributed by atoms with Gasteiger partial charge < -0.3 is 5.32 Å². The van der Waals surface area contributed by atoms with Gasteiger partial charge >= 0.3 is 0 Å². The molecule has 1 aromatic heterocycles. The Morgan fingerprint density at radius 1 is 0.970 bits per heavy atom. The highest BCUT2D eigenvalue weighted by atomic mass is 32.1. The molecule has 3 nitrogen and oxygen atoms in total. The molecule has 1 fully saturated rings. The Morgan fingerprint density at radius 2 is 1.64 bits per heavy atom. The summed E-state index contributed by atoms with van der Waals surface area (Å²) in [6, 6.07) is 25.0. The second kappa shape index (κ2) is 12.2. The van der Waals surface area contributed by atoms with Crippen molar-refractivity contribution < 1.29 is 4.79 Å². The summed E-state index contributed by atoms with van der Waals surface area (Å²) < 4.78 is 0. The minimum atomic E-state index is 0.00604. The smallest absolute Gasteiger partial charge is 0.251 e. The van der Waals surface area contributed by atoms with Crippen LogP contribution in [-0.4, -0.2) is 29.9 Å². The number of carbonyl (C=O) groups excluding carboxylic acids is 1. The Kier molecular flexibility index (Phi) is 8.73.